The summed E-state index contributed by atoms with van der Waals surface area (Å²) in [7, 11) is 1.67. The first-order chi connectivity index (χ1) is 16.6. The topological polar surface area (TPSA) is 86.8 Å². The van der Waals surface area contributed by atoms with Gasteiger partial charge < -0.3 is 15.2 Å². The summed E-state index contributed by atoms with van der Waals surface area (Å²) in [6.45, 7) is 0.557. The van der Waals surface area contributed by atoms with Crippen LogP contribution in [0.15, 0.2) is 73.1 Å². The lowest BCUT2D eigenvalue weighted by Gasteiger charge is -2.39. The Morgan fingerprint density at radius 3 is 2.47 bits per heavy atom. The summed E-state index contributed by atoms with van der Waals surface area (Å²) in [4.78, 5) is 32.1. The van der Waals surface area contributed by atoms with Crippen LogP contribution >= 0.6 is 11.6 Å². The molecule has 0 bridgehead atoms. The van der Waals surface area contributed by atoms with E-state index >= 15 is 0 Å². The second kappa shape index (κ2) is 9.65. The number of aromatic nitrogens is 4. The van der Waals surface area contributed by atoms with E-state index in [0.29, 0.717) is 23.1 Å². The van der Waals surface area contributed by atoms with Crippen molar-refractivity contribution in [1.82, 2.24) is 30.2 Å². The van der Waals surface area contributed by atoms with E-state index in [1.807, 2.05) is 47.4 Å². The third kappa shape index (κ3) is 4.39. The van der Waals surface area contributed by atoms with Gasteiger partial charge in [0, 0.05) is 42.5 Å². The summed E-state index contributed by atoms with van der Waals surface area (Å²) in [5, 5.41) is 3.48. The van der Waals surface area contributed by atoms with Crippen LogP contribution in [0.3, 0.4) is 0 Å². The highest BCUT2D eigenvalue weighted by Gasteiger charge is 2.35. The number of amides is 2. The van der Waals surface area contributed by atoms with Gasteiger partial charge in [-0.2, -0.15) is 0 Å². The Hall–Kier alpha value is -3.71. The van der Waals surface area contributed by atoms with E-state index in [4.69, 9.17) is 16.6 Å². The van der Waals surface area contributed by atoms with Crippen molar-refractivity contribution in [3.05, 3.63) is 89.3 Å². The predicted molar refractivity (Wildman–Crippen MR) is 132 cm³/mol. The highest BCUT2D eigenvalue weighted by Crippen LogP contribution is 2.40. The van der Waals surface area contributed by atoms with Gasteiger partial charge >= 0.3 is 6.03 Å². The molecule has 0 saturated carbocycles. The number of hydrogen-bond donors (Lipinski definition) is 2. The molecule has 3 heterocycles. The number of benzene rings is 2. The van der Waals surface area contributed by atoms with Gasteiger partial charge in [-0.3, -0.25) is 0 Å². The van der Waals surface area contributed by atoms with Gasteiger partial charge in [-0.25, -0.2) is 19.7 Å². The number of imidazole rings is 1. The molecule has 2 aromatic carbocycles. The summed E-state index contributed by atoms with van der Waals surface area (Å²) in [5.74, 6) is 1.35. The molecule has 0 spiro atoms. The van der Waals surface area contributed by atoms with Crippen LogP contribution in [0.1, 0.15) is 36.1 Å². The average Bonchev–Trinajstić information content (AvgIpc) is 3.35. The average molecular weight is 473 g/mol. The molecule has 2 N–H and O–H groups in total. The molecule has 0 aliphatic carbocycles. The van der Waals surface area contributed by atoms with Gasteiger partial charge in [0.15, 0.2) is 5.82 Å². The van der Waals surface area contributed by atoms with E-state index in [1.165, 1.54) is 0 Å². The fourth-order valence-corrected chi connectivity index (χ4v) is 4.74. The van der Waals surface area contributed by atoms with Crippen LogP contribution in [0.25, 0.3) is 22.9 Å². The molecule has 2 aromatic heterocycles. The van der Waals surface area contributed by atoms with E-state index in [9.17, 15) is 4.79 Å². The highest BCUT2D eigenvalue weighted by atomic mass is 35.5. The molecule has 1 aliphatic rings. The minimum absolute atomic E-state index is 0.0208. The molecule has 172 valence electrons. The zero-order valence-corrected chi connectivity index (χ0v) is 19.5. The quantitative estimate of drug-likeness (QED) is 0.413. The maximum atomic E-state index is 12.9. The van der Waals surface area contributed by atoms with Gasteiger partial charge in [-0.1, -0.05) is 41.9 Å². The van der Waals surface area contributed by atoms with Crippen molar-refractivity contribution in [1.29, 1.82) is 0 Å². The molecular weight excluding hydrogens is 448 g/mol. The highest BCUT2D eigenvalue weighted by molar-refractivity contribution is 6.30. The number of nitrogens with one attached hydrogen (secondary N) is 2. The van der Waals surface area contributed by atoms with Crippen molar-refractivity contribution < 1.29 is 4.79 Å². The summed E-state index contributed by atoms with van der Waals surface area (Å²) >= 11 is 6.08. The number of halogens is 1. The molecule has 1 aliphatic heterocycles. The molecule has 2 amide bonds. The number of likely N-dealkylation sites (tertiary alicyclic amines) is 1. The fraction of sp³-hybridized carbons (Fsp3) is 0.231. The van der Waals surface area contributed by atoms with E-state index in [1.54, 1.807) is 25.5 Å². The second-order valence-corrected chi connectivity index (χ2v) is 8.77. The minimum Gasteiger partial charge on any atom is -0.341 e. The van der Waals surface area contributed by atoms with Gasteiger partial charge in [-0.05, 0) is 48.7 Å². The monoisotopic (exact) mass is 472 g/mol. The van der Waals surface area contributed by atoms with Crippen LogP contribution in [-0.2, 0) is 0 Å². The standard InChI is InChI=1S/C26H25ClN6O/c1-28-26(34)33-16-19(10-13-21(33)17-6-3-2-4-7-17)22-23(25-29-14-5-15-30-25)32-24(31-22)18-8-11-20(27)12-9-18/h2-9,11-12,14-15,19,21H,10,13,16H2,1H3,(H,28,34)(H,31,32)/t19-,21+/m0/s1. The number of urea groups is 1. The first-order valence-corrected chi connectivity index (χ1v) is 11.7. The van der Waals surface area contributed by atoms with Crippen LogP contribution in [0.2, 0.25) is 5.02 Å². The summed E-state index contributed by atoms with van der Waals surface area (Å²) in [6, 6.07) is 19.5. The first-order valence-electron chi connectivity index (χ1n) is 11.3. The molecule has 5 rings (SSSR count). The first kappa shape index (κ1) is 22.1. The van der Waals surface area contributed by atoms with Crippen LogP contribution in [-0.4, -0.2) is 44.5 Å². The second-order valence-electron chi connectivity index (χ2n) is 8.34. The van der Waals surface area contributed by atoms with Gasteiger partial charge in [-0.15, -0.1) is 0 Å². The number of piperidine rings is 1. The Kier molecular flexibility index (Phi) is 6.27. The number of hydrogen-bond acceptors (Lipinski definition) is 4. The number of aromatic amines is 1. The largest absolute Gasteiger partial charge is 0.341 e. The van der Waals surface area contributed by atoms with Crippen molar-refractivity contribution in [2.75, 3.05) is 13.6 Å². The van der Waals surface area contributed by atoms with Crippen molar-refractivity contribution in [3.8, 4) is 22.9 Å². The molecule has 1 fully saturated rings. The summed E-state index contributed by atoms with van der Waals surface area (Å²) in [5.41, 5.74) is 3.72. The molecule has 2 atom stereocenters. The van der Waals surface area contributed by atoms with E-state index in [-0.39, 0.29) is 18.0 Å². The smallest absolute Gasteiger partial charge is 0.317 e. The SMILES string of the molecule is CNC(=O)N1C[C@@H](c2[nH]c(-c3ccc(Cl)cc3)nc2-c2ncccn2)CC[C@@H]1c1ccccc1. The Balaban J connectivity index is 1.53. The number of H-pyrrole nitrogens is 1. The Morgan fingerprint density at radius 2 is 1.76 bits per heavy atom. The lowest BCUT2D eigenvalue weighted by molar-refractivity contribution is 0.143. The minimum atomic E-state index is -0.0893. The van der Waals surface area contributed by atoms with Gasteiger partial charge in [0.05, 0.1) is 11.7 Å². The number of nitrogens with zero attached hydrogens (tertiary/aromatic N) is 4. The maximum Gasteiger partial charge on any atom is 0.317 e. The molecule has 7 nitrogen and oxygen atoms in total. The zero-order valence-electron chi connectivity index (χ0n) is 18.8. The lowest BCUT2D eigenvalue weighted by atomic mass is 9.86. The summed E-state index contributed by atoms with van der Waals surface area (Å²) < 4.78 is 0. The van der Waals surface area contributed by atoms with Gasteiger partial charge in [0.25, 0.3) is 0 Å². The zero-order chi connectivity index (χ0) is 23.5. The van der Waals surface area contributed by atoms with Crippen molar-refractivity contribution in [3.63, 3.8) is 0 Å². The van der Waals surface area contributed by atoms with Gasteiger partial charge in [0.1, 0.15) is 11.5 Å². The Bertz CT molecular complexity index is 1260. The predicted octanol–water partition coefficient (Wildman–Crippen LogP) is 5.45. The summed E-state index contributed by atoms with van der Waals surface area (Å²) in [6.07, 6.45) is 5.17. The fourth-order valence-electron chi connectivity index (χ4n) is 4.61. The van der Waals surface area contributed by atoms with Crippen LogP contribution in [0, 0.1) is 0 Å². The molecule has 0 unspecified atom stereocenters. The van der Waals surface area contributed by atoms with Crippen LogP contribution in [0.5, 0.6) is 0 Å². The number of rotatable bonds is 4. The van der Waals surface area contributed by atoms with Crippen molar-refractivity contribution >= 4 is 17.6 Å². The van der Waals surface area contributed by atoms with Crippen LogP contribution < -0.4 is 5.32 Å². The van der Waals surface area contributed by atoms with E-state index in [2.05, 4.69) is 32.4 Å². The molecule has 4 aromatic rings. The van der Waals surface area contributed by atoms with Crippen molar-refractivity contribution in [2.24, 2.45) is 0 Å². The number of carbonyl (C=O) groups excluding carboxylic acids is 1. The number of carbonyl (C=O) groups is 1. The normalized spacial score (nSPS) is 18.0. The maximum absolute atomic E-state index is 12.9. The third-order valence-corrected chi connectivity index (χ3v) is 6.53. The lowest BCUT2D eigenvalue weighted by Crippen LogP contribution is -2.45. The van der Waals surface area contributed by atoms with Crippen molar-refractivity contribution in [2.45, 2.75) is 24.8 Å². The Morgan fingerprint density at radius 1 is 1.03 bits per heavy atom. The molecule has 0 radical (unpaired) electrons. The Labute approximate surface area is 203 Å². The molecular formula is C26H25ClN6O. The third-order valence-electron chi connectivity index (χ3n) is 6.28. The molecule has 8 heteroatoms. The van der Waals surface area contributed by atoms with E-state index < -0.39 is 0 Å². The van der Waals surface area contributed by atoms with Crippen LogP contribution in [0.4, 0.5) is 4.79 Å². The van der Waals surface area contributed by atoms with Gasteiger partial charge in [0.2, 0.25) is 0 Å². The van der Waals surface area contributed by atoms with E-state index in [0.717, 1.165) is 35.5 Å². The molecule has 34 heavy (non-hydrogen) atoms. The molecule has 1 saturated heterocycles.